The molecule has 0 saturated heterocycles. The van der Waals surface area contributed by atoms with Gasteiger partial charge in [-0.3, -0.25) is 5.10 Å². The number of aromatic amines is 1. The van der Waals surface area contributed by atoms with Crippen molar-refractivity contribution in [2.24, 2.45) is 5.18 Å². The Kier molecular flexibility index (Phi) is 4.08. The summed E-state index contributed by atoms with van der Waals surface area (Å²) in [4.78, 5) is 10.8. The van der Waals surface area contributed by atoms with Crippen molar-refractivity contribution >= 4 is 5.69 Å². The number of rotatable bonds is 1. The third-order valence-corrected chi connectivity index (χ3v) is 3.32. The predicted molar refractivity (Wildman–Crippen MR) is 63.8 cm³/mol. The molecule has 16 heavy (non-hydrogen) atoms. The summed E-state index contributed by atoms with van der Waals surface area (Å²) < 4.78 is 0. The van der Waals surface area contributed by atoms with Crippen LogP contribution < -0.4 is 0 Å². The SMILES string of the molecule is O=Nc1c2n[nH]c1CCCCCCCCC2. The maximum absolute atomic E-state index is 10.8. The van der Waals surface area contributed by atoms with Crippen LogP contribution >= 0.6 is 0 Å². The van der Waals surface area contributed by atoms with Crippen molar-refractivity contribution in [3.05, 3.63) is 16.3 Å². The molecule has 0 radical (unpaired) electrons. The average molecular weight is 221 g/mol. The summed E-state index contributed by atoms with van der Waals surface area (Å²) in [5.41, 5.74) is 2.39. The number of nitroso groups, excluding NO2 is 1. The van der Waals surface area contributed by atoms with E-state index >= 15 is 0 Å². The van der Waals surface area contributed by atoms with Crippen molar-refractivity contribution in [1.29, 1.82) is 0 Å². The molecule has 4 nitrogen and oxygen atoms in total. The van der Waals surface area contributed by atoms with Crippen LogP contribution in [0.25, 0.3) is 0 Å². The maximum Gasteiger partial charge on any atom is 0.151 e. The Morgan fingerprint density at radius 3 is 2.25 bits per heavy atom. The highest BCUT2D eigenvalue weighted by atomic mass is 16.3. The van der Waals surface area contributed by atoms with Crippen LogP contribution in [0.4, 0.5) is 5.69 Å². The summed E-state index contributed by atoms with van der Waals surface area (Å²) in [6.07, 6.45) is 10.5. The fraction of sp³-hybridized carbons (Fsp3) is 0.750. The van der Waals surface area contributed by atoms with Gasteiger partial charge in [-0.1, -0.05) is 32.1 Å². The highest BCUT2D eigenvalue weighted by Gasteiger charge is 2.13. The largest absolute Gasteiger partial charge is 0.280 e. The van der Waals surface area contributed by atoms with Crippen LogP contribution in [-0.2, 0) is 12.8 Å². The van der Waals surface area contributed by atoms with Crippen molar-refractivity contribution in [3.8, 4) is 0 Å². The molecular weight excluding hydrogens is 202 g/mol. The Bertz CT molecular complexity index is 319. The Morgan fingerprint density at radius 1 is 0.938 bits per heavy atom. The van der Waals surface area contributed by atoms with Gasteiger partial charge in [0, 0.05) is 0 Å². The average Bonchev–Trinajstić information content (AvgIpc) is 2.68. The highest BCUT2D eigenvalue weighted by Crippen LogP contribution is 2.26. The minimum Gasteiger partial charge on any atom is -0.280 e. The molecule has 0 unspecified atom stereocenters. The lowest BCUT2D eigenvalue weighted by atomic mass is 10.0. The van der Waals surface area contributed by atoms with Crippen LogP contribution in [0.15, 0.2) is 5.18 Å². The maximum atomic E-state index is 10.8. The number of fused-ring (bicyclic) bond motifs is 2. The first kappa shape index (κ1) is 11.3. The number of aryl methyl sites for hydroxylation is 2. The van der Waals surface area contributed by atoms with Crippen LogP contribution in [0.1, 0.15) is 56.3 Å². The normalized spacial score (nSPS) is 18.5. The van der Waals surface area contributed by atoms with Gasteiger partial charge in [-0.25, -0.2) is 0 Å². The number of hydrogen-bond acceptors (Lipinski definition) is 3. The quantitative estimate of drug-likeness (QED) is 0.736. The highest BCUT2D eigenvalue weighted by molar-refractivity contribution is 5.46. The molecule has 1 aromatic rings. The molecule has 0 spiro atoms. The molecule has 4 heteroatoms. The van der Waals surface area contributed by atoms with E-state index in [9.17, 15) is 4.91 Å². The van der Waals surface area contributed by atoms with E-state index in [1.165, 1.54) is 32.1 Å². The first-order valence-electron chi connectivity index (χ1n) is 6.31. The van der Waals surface area contributed by atoms with E-state index in [1.807, 2.05) is 0 Å². The standard InChI is InChI=1S/C12H19N3O/c16-15-12-10-8-6-4-2-1-3-5-7-9-11(12)14-13-10/h1-9H2,(H,13,14). The van der Waals surface area contributed by atoms with Crippen LogP contribution in [0, 0.1) is 4.91 Å². The van der Waals surface area contributed by atoms with Crippen molar-refractivity contribution in [2.45, 2.75) is 57.8 Å². The second-order valence-corrected chi connectivity index (χ2v) is 4.56. The van der Waals surface area contributed by atoms with Crippen LogP contribution in [0.3, 0.4) is 0 Å². The summed E-state index contributed by atoms with van der Waals surface area (Å²) in [6, 6.07) is 0. The van der Waals surface area contributed by atoms with Gasteiger partial charge in [0.05, 0.1) is 11.4 Å². The molecule has 0 saturated carbocycles. The lowest BCUT2D eigenvalue weighted by Gasteiger charge is -2.03. The summed E-state index contributed by atoms with van der Waals surface area (Å²) in [6.45, 7) is 0. The Hall–Kier alpha value is -1.19. The van der Waals surface area contributed by atoms with Crippen LogP contribution in [-0.4, -0.2) is 10.2 Å². The van der Waals surface area contributed by atoms with Gasteiger partial charge in [0.15, 0.2) is 5.69 Å². The van der Waals surface area contributed by atoms with E-state index in [2.05, 4.69) is 15.4 Å². The van der Waals surface area contributed by atoms with Crippen LogP contribution in [0.2, 0.25) is 0 Å². The van der Waals surface area contributed by atoms with E-state index in [-0.39, 0.29) is 0 Å². The van der Waals surface area contributed by atoms with Crippen molar-refractivity contribution in [3.63, 3.8) is 0 Å². The fourth-order valence-electron chi connectivity index (χ4n) is 2.35. The van der Waals surface area contributed by atoms with Gasteiger partial charge in [-0.2, -0.15) is 5.10 Å². The molecule has 0 atom stereocenters. The molecule has 2 rings (SSSR count). The van der Waals surface area contributed by atoms with E-state index in [4.69, 9.17) is 0 Å². The lowest BCUT2D eigenvalue weighted by molar-refractivity contribution is 0.576. The van der Waals surface area contributed by atoms with E-state index in [1.54, 1.807) is 0 Å². The number of nitrogens with one attached hydrogen (secondary N) is 1. The predicted octanol–water partition coefficient (Wildman–Crippen LogP) is 3.64. The van der Waals surface area contributed by atoms with Crippen molar-refractivity contribution in [1.82, 2.24) is 10.2 Å². The third kappa shape index (κ3) is 2.68. The summed E-state index contributed by atoms with van der Waals surface area (Å²) in [7, 11) is 0. The summed E-state index contributed by atoms with van der Waals surface area (Å²) in [5.74, 6) is 0. The van der Waals surface area contributed by atoms with E-state index in [0.717, 1.165) is 37.1 Å². The molecule has 1 heterocycles. The monoisotopic (exact) mass is 221 g/mol. The molecule has 88 valence electrons. The molecule has 1 aliphatic carbocycles. The van der Waals surface area contributed by atoms with Gasteiger partial charge in [0.2, 0.25) is 0 Å². The first-order chi connectivity index (χ1) is 7.92. The molecule has 0 fully saturated rings. The zero-order chi connectivity index (χ0) is 11.2. The molecule has 2 bridgehead atoms. The molecule has 0 aromatic carbocycles. The Balaban J connectivity index is 2.11. The Labute approximate surface area is 95.8 Å². The minimum absolute atomic E-state index is 0.584. The molecule has 1 N–H and O–H groups in total. The van der Waals surface area contributed by atoms with E-state index < -0.39 is 0 Å². The number of nitrogens with zero attached hydrogens (tertiary/aromatic N) is 2. The van der Waals surface area contributed by atoms with Gasteiger partial charge >= 0.3 is 0 Å². The molecule has 1 aliphatic rings. The smallest absolute Gasteiger partial charge is 0.151 e. The molecular formula is C12H19N3O. The molecule has 0 amide bonds. The van der Waals surface area contributed by atoms with Crippen molar-refractivity contribution in [2.75, 3.05) is 0 Å². The lowest BCUT2D eigenvalue weighted by Crippen LogP contribution is -1.90. The first-order valence-corrected chi connectivity index (χ1v) is 6.31. The molecule has 0 aliphatic heterocycles. The zero-order valence-corrected chi connectivity index (χ0v) is 9.67. The summed E-state index contributed by atoms with van der Waals surface area (Å²) >= 11 is 0. The van der Waals surface area contributed by atoms with Gasteiger partial charge in [0.1, 0.15) is 0 Å². The third-order valence-electron chi connectivity index (χ3n) is 3.32. The second kappa shape index (κ2) is 5.77. The summed E-state index contributed by atoms with van der Waals surface area (Å²) in [5, 5.41) is 10.3. The second-order valence-electron chi connectivity index (χ2n) is 4.56. The van der Waals surface area contributed by atoms with Gasteiger partial charge in [0.25, 0.3) is 0 Å². The van der Waals surface area contributed by atoms with Crippen molar-refractivity contribution < 1.29 is 0 Å². The number of aromatic nitrogens is 2. The minimum atomic E-state index is 0.584. The fourth-order valence-corrected chi connectivity index (χ4v) is 2.35. The topological polar surface area (TPSA) is 58.1 Å². The zero-order valence-electron chi connectivity index (χ0n) is 9.67. The van der Waals surface area contributed by atoms with Gasteiger partial charge < -0.3 is 0 Å². The van der Waals surface area contributed by atoms with Crippen LogP contribution in [0.5, 0.6) is 0 Å². The Morgan fingerprint density at radius 2 is 1.56 bits per heavy atom. The van der Waals surface area contributed by atoms with E-state index in [0.29, 0.717) is 5.69 Å². The number of hydrogen-bond donors (Lipinski definition) is 1. The molecule has 1 aromatic heterocycles. The number of H-pyrrole nitrogens is 1. The van der Waals surface area contributed by atoms with Gasteiger partial charge in [-0.05, 0) is 30.9 Å². The van der Waals surface area contributed by atoms with Gasteiger partial charge in [-0.15, -0.1) is 4.91 Å².